The van der Waals surface area contributed by atoms with Crippen molar-refractivity contribution in [2.24, 2.45) is 0 Å². The van der Waals surface area contributed by atoms with E-state index < -0.39 is 0 Å². The summed E-state index contributed by atoms with van der Waals surface area (Å²) in [4.78, 5) is 14.1. The minimum atomic E-state index is 0.553. The summed E-state index contributed by atoms with van der Waals surface area (Å²) in [7, 11) is 1.66. The fourth-order valence-corrected chi connectivity index (χ4v) is 3.39. The van der Waals surface area contributed by atoms with Gasteiger partial charge in [0, 0.05) is 11.8 Å². The van der Waals surface area contributed by atoms with Crippen LogP contribution in [0.3, 0.4) is 0 Å². The summed E-state index contributed by atoms with van der Waals surface area (Å²) < 4.78 is 5.45. The van der Waals surface area contributed by atoms with Gasteiger partial charge in [0.05, 0.1) is 19.3 Å². The first-order chi connectivity index (χ1) is 13.7. The van der Waals surface area contributed by atoms with Crippen LogP contribution in [0.15, 0.2) is 48.5 Å². The summed E-state index contributed by atoms with van der Waals surface area (Å²) in [6.07, 6.45) is 1.06. The van der Waals surface area contributed by atoms with Crippen LogP contribution in [0.5, 0.6) is 5.75 Å². The second kappa shape index (κ2) is 8.22. The number of anilines is 1. The maximum absolute atomic E-state index is 5.45. The van der Waals surface area contributed by atoms with E-state index in [2.05, 4.69) is 55.9 Å². The topological polar surface area (TPSA) is 77.5 Å². The van der Waals surface area contributed by atoms with Gasteiger partial charge in [-0.1, -0.05) is 42.5 Å². The molecule has 1 unspecified atom stereocenters. The number of hydrogen-bond donors (Lipinski definition) is 4. The number of hydrogen-bond acceptors (Lipinski definition) is 5. The third kappa shape index (κ3) is 4.04. The first kappa shape index (κ1) is 18.2. The van der Waals surface area contributed by atoms with Crippen molar-refractivity contribution in [1.82, 2.24) is 15.3 Å². The lowest BCUT2D eigenvalue weighted by Gasteiger charge is -2.20. The monoisotopic (exact) mass is 378 g/mol. The molecule has 3 aromatic rings. The van der Waals surface area contributed by atoms with Crippen LogP contribution in [0.1, 0.15) is 11.3 Å². The number of nitrogens with one attached hydrogen (secondary N) is 4. The number of ether oxygens (including phenoxy) is 1. The fourth-order valence-electron chi connectivity index (χ4n) is 3.39. The third-order valence-corrected chi connectivity index (χ3v) is 4.98. The molecule has 0 amide bonds. The van der Waals surface area contributed by atoms with Crippen molar-refractivity contribution in [1.29, 1.82) is 0 Å². The van der Waals surface area contributed by atoms with Gasteiger partial charge in [0.2, 0.25) is 0 Å². The van der Waals surface area contributed by atoms with Gasteiger partial charge < -0.3 is 4.74 Å². The number of methoxy groups -OCH3 is 1. The van der Waals surface area contributed by atoms with Gasteiger partial charge in [-0.05, 0) is 18.6 Å². The molecule has 0 bridgehead atoms. The summed E-state index contributed by atoms with van der Waals surface area (Å²) in [5.74, 6) is 2.13. The van der Waals surface area contributed by atoms with Crippen LogP contribution < -0.4 is 25.3 Å². The van der Waals surface area contributed by atoms with Crippen molar-refractivity contribution < 1.29 is 14.6 Å². The molecule has 1 aromatic heterocycles. The van der Waals surface area contributed by atoms with Gasteiger partial charge in [-0.2, -0.15) is 4.98 Å². The molecule has 0 saturated heterocycles. The molecule has 28 heavy (non-hydrogen) atoms. The molecule has 0 aliphatic carbocycles. The Morgan fingerprint density at radius 2 is 2.00 bits per heavy atom. The minimum Gasteiger partial charge on any atom is -0.494 e. The predicted octanol–water partition coefficient (Wildman–Crippen LogP) is -0.559. The molecular weight excluding hydrogens is 352 g/mol. The Labute approximate surface area is 164 Å². The van der Waals surface area contributed by atoms with Crippen LogP contribution in [0.2, 0.25) is 0 Å². The lowest BCUT2D eigenvalue weighted by Crippen LogP contribution is -3.24. The number of aryl methyl sites for hydroxylation is 1. The molecular formula is C21H26N6O+2. The second-order valence-corrected chi connectivity index (χ2v) is 6.93. The molecule has 2 aromatic carbocycles. The number of quaternary nitrogens is 1. The highest BCUT2D eigenvalue weighted by Crippen LogP contribution is 2.25. The highest BCUT2D eigenvalue weighted by atomic mass is 16.5. The van der Waals surface area contributed by atoms with Gasteiger partial charge in [0.15, 0.2) is 13.3 Å². The molecule has 2 heterocycles. The van der Waals surface area contributed by atoms with E-state index in [-0.39, 0.29) is 0 Å². The summed E-state index contributed by atoms with van der Waals surface area (Å²) in [5.41, 5.74) is 3.10. The van der Waals surface area contributed by atoms with E-state index in [0.29, 0.717) is 5.95 Å². The highest BCUT2D eigenvalue weighted by Gasteiger charge is 2.21. The van der Waals surface area contributed by atoms with Crippen LogP contribution in [-0.2, 0) is 6.42 Å². The van der Waals surface area contributed by atoms with Gasteiger partial charge in [0.25, 0.3) is 5.95 Å². The zero-order chi connectivity index (χ0) is 19.3. The zero-order valence-corrected chi connectivity index (χ0v) is 16.2. The number of rotatable bonds is 5. The second-order valence-electron chi connectivity index (χ2n) is 6.93. The number of benzene rings is 2. The molecule has 1 aliphatic rings. The van der Waals surface area contributed by atoms with Crippen molar-refractivity contribution in [3.05, 3.63) is 59.8 Å². The van der Waals surface area contributed by atoms with Crippen LogP contribution in [0.25, 0.3) is 10.9 Å². The number of guanidine groups is 1. The summed E-state index contributed by atoms with van der Waals surface area (Å²) in [5, 5.41) is 7.66. The molecule has 1 atom stereocenters. The minimum absolute atomic E-state index is 0.553. The lowest BCUT2D eigenvalue weighted by atomic mass is 10.1. The molecule has 4 rings (SSSR count). The van der Waals surface area contributed by atoms with Gasteiger partial charge in [-0.25, -0.2) is 20.6 Å². The molecule has 7 nitrogen and oxygen atoms in total. The number of aromatic nitrogens is 2. The normalized spacial score (nSPS) is 16.4. The third-order valence-electron chi connectivity index (χ3n) is 4.98. The Bertz CT molecular complexity index is 989. The van der Waals surface area contributed by atoms with Gasteiger partial charge >= 0.3 is 5.96 Å². The van der Waals surface area contributed by atoms with E-state index in [9.17, 15) is 0 Å². The van der Waals surface area contributed by atoms with Crippen LogP contribution in [-0.4, -0.2) is 42.9 Å². The number of fused-ring (bicyclic) bond motifs is 1. The van der Waals surface area contributed by atoms with Crippen molar-refractivity contribution >= 4 is 22.8 Å². The van der Waals surface area contributed by atoms with Gasteiger partial charge in [-0.3, -0.25) is 4.90 Å². The summed E-state index contributed by atoms with van der Waals surface area (Å²) >= 11 is 0. The largest absolute Gasteiger partial charge is 0.494 e. The van der Waals surface area contributed by atoms with E-state index in [0.717, 1.165) is 54.6 Å². The SMILES string of the molecule is COc1cccc2c(C)nc(NC3=[NH+]C[NH+](CCc4ccccc4)CN3)nc12. The van der Waals surface area contributed by atoms with E-state index in [1.54, 1.807) is 7.11 Å². The first-order valence-electron chi connectivity index (χ1n) is 9.53. The number of nitrogens with zero attached hydrogens (tertiary/aromatic N) is 2. The molecule has 144 valence electrons. The van der Waals surface area contributed by atoms with Crippen molar-refractivity contribution in [3.63, 3.8) is 0 Å². The van der Waals surface area contributed by atoms with Crippen molar-refractivity contribution in [3.8, 4) is 5.75 Å². The Hall–Kier alpha value is -3.19. The molecule has 1 aliphatic heterocycles. The van der Waals surface area contributed by atoms with E-state index in [1.165, 1.54) is 10.5 Å². The Morgan fingerprint density at radius 3 is 2.75 bits per heavy atom. The average Bonchev–Trinajstić information content (AvgIpc) is 2.74. The zero-order valence-electron chi connectivity index (χ0n) is 16.2. The predicted molar refractivity (Wildman–Crippen MR) is 109 cm³/mol. The van der Waals surface area contributed by atoms with Gasteiger partial charge in [-0.15, -0.1) is 0 Å². The highest BCUT2D eigenvalue weighted by molar-refractivity contribution is 5.91. The van der Waals surface area contributed by atoms with Gasteiger partial charge in [0.1, 0.15) is 11.3 Å². The van der Waals surface area contributed by atoms with Crippen LogP contribution in [0.4, 0.5) is 5.95 Å². The molecule has 0 fully saturated rings. The van der Waals surface area contributed by atoms with Crippen molar-refractivity contribution in [2.75, 3.05) is 32.3 Å². The maximum Gasteiger partial charge on any atom is 0.359 e. The Morgan fingerprint density at radius 1 is 1.14 bits per heavy atom. The first-order valence-corrected chi connectivity index (χ1v) is 9.53. The van der Waals surface area contributed by atoms with Crippen molar-refractivity contribution in [2.45, 2.75) is 13.3 Å². The standard InChI is InChI=1S/C21H24N6O/c1-15-17-9-6-10-18(28-2)19(17)25-21(24-15)26-20-22-13-27(14-23-20)12-11-16-7-4-3-5-8-16/h3-10H,11-14H2,1-2H3,(H2,22,23,24,25,26)/p+2. The van der Waals surface area contributed by atoms with E-state index in [1.807, 2.05) is 25.1 Å². The van der Waals surface area contributed by atoms with E-state index >= 15 is 0 Å². The quantitative estimate of drug-likeness (QED) is 0.479. The average molecular weight is 378 g/mol. The fraction of sp³-hybridized carbons (Fsp3) is 0.286. The molecule has 0 spiro atoms. The number of para-hydroxylation sites is 1. The molecule has 7 heteroatoms. The maximum atomic E-state index is 5.45. The Kier molecular flexibility index (Phi) is 5.34. The van der Waals surface area contributed by atoms with E-state index in [4.69, 9.17) is 4.74 Å². The Balaban J connectivity index is 1.42. The summed E-state index contributed by atoms with van der Waals surface area (Å²) in [6.45, 7) is 4.74. The lowest BCUT2D eigenvalue weighted by molar-refractivity contribution is -0.980. The molecule has 4 N–H and O–H groups in total. The van der Waals surface area contributed by atoms with Crippen LogP contribution >= 0.6 is 0 Å². The molecule has 0 saturated carbocycles. The van der Waals surface area contributed by atoms with Crippen LogP contribution in [0, 0.1) is 6.92 Å². The smallest absolute Gasteiger partial charge is 0.359 e. The molecule has 0 radical (unpaired) electrons. The summed E-state index contributed by atoms with van der Waals surface area (Å²) in [6, 6.07) is 16.5.